The van der Waals surface area contributed by atoms with Gasteiger partial charge in [0.2, 0.25) is 5.95 Å². The summed E-state index contributed by atoms with van der Waals surface area (Å²) in [6.07, 6.45) is 2.88. The van der Waals surface area contributed by atoms with Crippen LogP contribution in [-0.4, -0.2) is 32.3 Å². The molecule has 2 aromatic heterocycles. The minimum Gasteiger partial charge on any atom is -0.463 e. The van der Waals surface area contributed by atoms with E-state index in [-0.39, 0.29) is 12.5 Å². The number of furan rings is 1. The van der Waals surface area contributed by atoms with Gasteiger partial charge in [-0.3, -0.25) is 4.79 Å². The van der Waals surface area contributed by atoms with E-state index in [1.54, 1.807) is 12.1 Å². The maximum atomic E-state index is 11.4. The highest BCUT2D eigenvalue weighted by Gasteiger charge is 2.06. The van der Waals surface area contributed by atoms with Gasteiger partial charge < -0.3 is 10.2 Å². The third-order valence-corrected chi connectivity index (χ3v) is 1.78. The molecule has 0 saturated carbocycles. The van der Waals surface area contributed by atoms with Crippen molar-refractivity contribution in [3.05, 3.63) is 24.2 Å². The SMILES string of the molecule is Nc1nnnn1CC(=O)NN=Cc1ccco1. The van der Waals surface area contributed by atoms with Crippen molar-refractivity contribution in [1.82, 2.24) is 25.6 Å². The molecule has 2 heterocycles. The summed E-state index contributed by atoms with van der Waals surface area (Å²) in [5, 5.41) is 13.9. The molecule has 0 aliphatic heterocycles. The van der Waals surface area contributed by atoms with E-state index in [2.05, 4.69) is 26.1 Å². The van der Waals surface area contributed by atoms with Crippen LogP contribution in [0.3, 0.4) is 0 Å². The van der Waals surface area contributed by atoms with Crippen LogP contribution in [0.1, 0.15) is 5.76 Å². The molecule has 2 aromatic rings. The fourth-order valence-corrected chi connectivity index (χ4v) is 1.03. The molecular formula is C8H9N7O2. The number of carbonyl (C=O) groups excluding carboxylic acids is 1. The summed E-state index contributed by atoms with van der Waals surface area (Å²) in [5.41, 5.74) is 7.67. The Kier molecular flexibility index (Phi) is 3.10. The number of tetrazole rings is 1. The van der Waals surface area contributed by atoms with Gasteiger partial charge in [-0.2, -0.15) is 5.10 Å². The maximum absolute atomic E-state index is 11.4. The fraction of sp³-hybridized carbons (Fsp3) is 0.125. The van der Waals surface area contributed by atoms with E-state index < -0.39 is 5.91 Å². The average Bonchev–Trinajstić information content (AvgIpc) is 2.92. The molecule has 9 heteroatoms. The van der Waals surface area contributed by atoms with Crippen molar-refractivity contribution in [2.45, 2.75) is 6.54 Å². The van der Waals surface area contributed by atoms with Gasteiger partial charge in [0, 0.05) is 0 Å². The van der Waals surface area contributed by atoms with Crippen LogP contribution in [0.5, 0.6) is 0 Å². The van der Waals surface area contributed by atoms with Gasteiger partial charge in [0.25, 0.3) is 5.91 Å². The number of carbonyl (C=O) groups is 1. The third-order valence-electron chi connectivity index (χ3n) is 1.78. The molecule has 0 bridgehead atoms. The number of hydrazone groups is 1. The topological polar surface area (TPSA) is 124 Å². The molecule has 0 unspecified atom stereocenters. The number of amides is 1. The zero-order valence-electron chi connectivity index (χ0n) is 8.65. The first-order valence-corrected chi connectivity index (χ1v) is 4.63. The minimum atomic E-state index is -0.396. The van der Waals surface area contributed by atoms with E-state index in [0.717, 1.165) is 4.68 Å². The lowest BCUT2D eigenvalue weighted by Gasteiger charge is -1.99. The molecule has 0 aliphatic rings. The Bertz CT molecular complexity index is 516. The lowest BCUT2D eigenvalue weighted by Crippen LogP contribution is -2.24. The summed E-state index contributed by atoms with van der Waals surface area (Å²) in [4.78, 5) is 11.4. The van der Waals surface area contributed by atoms with Crippen LogP contribution in [0.15, 0.2) is 27.9 Å². The molecule has 0 saturated heterocycles. The maximum Gasteiger partial charge on any atom is 0.261 e. The Morgan fingerprint density at radius 2 is 2.59 bits per heavy atom. The van der Waals surface area contributed by atoms with E-state index in [1.807, 2.05) is 0 Å². The van der Waals surface area contributed by atoms with Gasteiger partial charge in [0.1, 0.15) is 12.3 Å². The van der Waals surface area contributed by atoms with Crippen molar-refractivity contribution in [1.29, 1.82) is 0 Å². The first kappa shape index (κ1) is 10.8. The van der Waals surface area contributed by atoms with Gasteiger partial charge in [-0.25, -0.2) is 10.1 Å². The Labute approximate surface area is 95.3 Å². The second kappa shape index (κ2) is 4.88. The molecular weight excluding hydrogens is 226 g/mol. The van der Waals surface area contributed by atoms with Gasteiger partial charge >= 0.3 is 0 Å². The molecule has 0 spiro atoms. The number of nitrogens with zero attached hydrogens (tertiary/aromatic N) is 5. The second-order valence-corrected chi connectivity index (χ2v) is 3.00. The normalized spacial score (nSPS) is 10.8. The van der Waals surface area contributed by atoms with E-state index >= 15 is 0 Å². The summed E-state index contributed by atoms with van der Waals surface area (Å²) in [7, 11) is 0. The summed E-state index contributed by atoms with van der Waals surface area (Å²) >= 11 is 0. The van der Waals surface area contributed by atoms with Crippen molar-refractivity contribution in [2.24, 2.45) is 5.10 Å². The largest absolute Gasteiger partial charge is 0.463 e. The van der Waals surface area contributed by atoms with Gasteiger partial charge in [0.15, 0.2) is 0 Å². The Balaban J connectivity index is 1.84. The quantitative estimate of drug-likeness (QED) is 0.517. The van der Waals surface area contributed by atoms with Gasteiger partial charge in [-0.15, -0.1) is 0 Å². The number of anilines is 1. The van der Waals surface area contributed by atoms with Gasteiger partial charge in [-0.05, 0) is 22.6 Å². The van der Waals surface area contributed by atoms with Crippen LogP contribution < -0.4 is 11.2 Å². The molecule has 1 amide bonds. The molecule has 0 fully saturated rings. The summed E-state index contributed by atoms with van der Waals surface area (Å²) in [6, 6.07) is 3.42. The van der Waals surface area contributed by atoms with Crippen LogP contribution in [0, 0.1) is 0 Å². The highest BCUT2D eigenvalue weighted by atomic mass is 16.3. The number of nitrogens with one attached hydrogen (secondary N) is 1. The lowest BCUT2D eigenvalue weighted by molar-refractivity contribution is -0.121. The molecule has 0 radical (unpaired) electrons. The molecule has 2 rings (SSSR count). The molecule has 17 heavy (non-hydrogen) atoms. The van der Waals surface area contributed by atoms with Crippen LogP contribution in [-0.2, 0) is 11.3 Å². The van der Waals surface area contributed by atoms with Gasteiger partial charge in [-0.1, -0.05) is 5.10 Å². The van der Waals surface area contributed by atoms with Crippen molar-refractivity contribution < 1.29 is 9.21 Å². The smallest absolute Gasteiger partial charge is 0.261 e. The number of hydrogen-bond donors (Lipinski definition) is 2. The van der Waals surface area contributed by atoms with Crippen LogP contribution in [0.2, 0.25) is 0 Å². The minimum absolute atomic E-state index is 0.0650. The summed E-state index contributed by atoms with van der Waals surface area (Å²) in [6.45, 7) is -0.103. The monoisotopic (exact) mass is 235 g/mol. The Morgan fingerprint density at radius 3 is 3.24 bits per heavy atom. The number of nitrogens with two attached hydrogens (primary N) is 1. The summed E-state index contributed by atoms with van der Waals surface area (Å²) < 4.78 is 6.13. The van der Waals surface area contributed by atoms with E-state index in [0.29, 0.717) is 5.76 Å². The van der Waals surface area contributed by atoms with E-state index in [9.17, 15) is 4.79 Å². The zero-order chi connectivity index (χ0) is 12.1. The third kappa shape index (κ3) is 2.87. The Hall–Kier alpha value is -2.71. The Morgan fingerprint density at radius 1 is 1.71 bits per heavy atom. The highest BCUT2D eigenvalue weighted by molar-refractivity contribution is 5.80. The predicted octanol–water partition coefficient (Wildman–Crippen LogP) is -1.00. The first-order chi connectivity index (χ1) is 8.25. The van der Waals surface area contributed by atoms with Crippen molar-refractivity contribution >= 4 is 18.1 Å². The molecule has 0 aromatic carbocycles. The van der Waals surface area contributed by atoms with Crippen molar-refractivity contribution in [3.63, 3.8) is 0 Å². The first-order valence-electron chi connectivity index (χ1n) is 4.63. The van der Waals surface area contributed by atoms with Gasteiger partial charge in [0.05, 0.1) is 12.5 Å². The van der Waals surface area contributed by atoms with Crippen LogP contribution >= 0.6 is 0 Å². The number of nitrogen functional groups attached to an aromatic ring is 1. The predicted molar refractivity (Wildman–Crippen MR) is 56.7 cm³/mol. The number of rotatable bonds is 4. The second-order valence-electron chi connectivity index (χ2n) is 3.00. The molecule has 9 nitrogen and oxygen atoms in total. The zero-order valence-corrected chi connectivity index (χ0v) is 8.65. The standard InChI is InChI=1S/C8H9N7O2/c9-8-12-13-14-15(8)5-7(16)11-10-4-6-2-1-3-17-6/h1-4H,5H2,(H,11,16)(H2,9,12,14). The van der Waals surface area contributed by atoms with Crippen molar-refractivity contribution in [2.75, 3.05) is 5.73 Å². The number of aromatic nitrogens is 4. The average molecular weight is 235 g/mol. The van der Waals surface area contributed by atoms with E-state index in [1.165, 1.54) is 12.5 Å². The molecule has 0 aliphatic carbocycles. The summed E-state index contributed by atoms with van der Waals surface area (Å²) in [5.74, 6) is 0.203. The van der Waals surface area contributed by atoms with Crippen LogP contribution in [0.4, 0.5) is 5.95 Å². The number of hydrogen-bond acceptors (Lipinski definition) is 7. The molecule has 88 valence electrons. The van der Waals surface area contributed by atoms with E-state index in [4.69, 9.17) is 10.2 Å². The molecule has 0 atom stereocenters. The lowest BCUT2D eigenvalue weighted by atomic mass is 10.5. The molecule has 3 N–H and O–H groups in total. The fourth-order valence-electron chi connectivity index (χ4n) is 1.03. The highest BCUT2D eigenvalue weighted by Crippen LogP contribution is 1.94. The van der Waals surface area contributed by atoms with Crippen molar-refractivity contribution in [3.8, 4) is 0 Å². The van der Waals surface area contributed by atoms with Crippen LogP contribution in [0.25, 0.3) is 0 Å².